The number of hydrogen-bond donors (Lipinski definition) is 3. The van der Waals surface area contributed by atoms with Crippen molar-refractivity contribution in [1.29, 1.82) is 0 Å². The van der Waals surface area contributed by atoms with Gasteiger partial charge in [-0.2, -0.15) is 0 Å². The number of hydrogen-bond acceptors (Lipinski definition) is 6. The van der Waals surface area contributed by atoms with Gasteiger partial charge in [0.15, 0.2) is 0 Å². The van der Waals surface area contributed by atoms with Crippen LogP contribution in [0.4, 0.5) is 0 Å². The van der Waals surface area contributed by atoms with Gasteiger partial charge in [-0.25, -0.2) is 4.98 Å². The second-order valence-electron chi connectivity index (χ2n) is 7.60. The van der Waals surface area contributed by atoms with Crippen LogP contribution in [0.3, 0.4) is 0 Å². The molecule has 27 heavy (non-hydrogen) atoms. The molecule has 0 aromatic carbocycles. The van der Waals surface area contributed by atoms with E-state index >= 15 is 0 Å². The largest absolute Gasteiger partial charge is 0.354 e. The summed E-state index contributed by atoms with van der Waals surface area (Å²) in [6.07, 6.45) is 3.13. The Labute approximate surface area is 166 Å². The van der Waals surface area contributed by atoms with E-state index in [1.807, 2.05) is 13.8 Å². The van der Waals surface area contributed by atoms with E-state index in [9.17, 15) is 9.59 Å². The molecular weight excluding hydrogens is 362 g/mol. The lowest BCUT2D eigenvalue weighted by Crippen LogP contribution is -2.47. The molecule has 0 bridgehead atoms. The van der Waals surface area contributed by atoms with Crippen LogP contribution in [0.1, 0.15) is 44.3 Å². The van der Waals surface area contributed by atoms with E-state index in [4.69, 9.17) is 5.73 Å². The molecule has 0 aliphatic carbocycles. The highest BCUT2D eigenvalue weighted by molar-refractivity contribution is 7.09. The van der Waals surface area contributed by atoms with Crippen LogP contribution in [0.15, 0.2) is 5.38 Å². The second-order valence-corrected chi connectivity index (χ2v) is 8.54. The fourth-order valence-electron chi connectivity index (χ4n) is 3.07. The molecule has 8 heteroatoms. The Morgan fingerprint density at radius 2 is 2.04 bits per heavy atom. The van der Waals surface area contributed by atoms with Crippen LogP contribution in [0.25, 0.3) is 0 Å². The van der Waals surface area contributed by atoms with Crippen molar-refractivity contribution in [2.75, 3.05) is 26.2 Å². The lowest BCUT2D eigenvalue weighted by Gasteiger charge is -2.31. The molecule has 1 saturated heterocycles. The maximum atomic E-state index is 11.9. The third kappa shape index (κ3) is 7.20. The Hall–Kier alpha value is -1.51. The second kappa shape index (κ2) is 10.7. The smallest absolute Gasteiger partial charge is 0.239 e. The van der Waals surface area contributed by atoms with Gasteiger partial charge in [0.25, 0.3) is 0 Å². The quantitative estimate of drug-likeness (QED) is 0.582. The zero-order valence-corrected chi connectivity index (χ0v) is 17.5. The molecule has 1 aromatic rings. The molecule has 4 N–H and O–H groups in total. The number of piperidine rings is 1. The molecule has 2 heterocycles. The SMILES string of the molecule is CCc1nc(CN2CCC(CNC(=O)CNC(=O)[C@@H](N)C(C)C)CC2)cs1. The molecule has 2 rings (SSSR count). The van der Waals surface area contributed by atoms with Crippen molar-refractivity contribution in [3.63, 3.8) is 0 Å². The molecule has 0 saturated carbocycles. The summed E-state index contributed by atoms with van der Waals surface area (Å²) in [4.78, 5) is 30.8. The van der Waals surface area contributed by atoms with Crippen LogP contribution in [-0.4, -0.2) is 53.9 Å². The van der Waals surface area contributed by atoms with E-state index < -0.39 is 6.04 Å². The van der Waals surface area contributed by atoms with Crippen LogP contribution < -0.4 is 16.4 Å². The third-order valence-corrected chi connectivity index (χ3v) is 6.07. The van der Waals surface area contributed by atoms with E-state index in [1.165, 1.54) is 10.7 Å². The predicted molar refractivity (Wildman–Crippen MR) is 108 cm³/mol. The lowest BCUT2D eigenvalue weighted by atomic mass is 9.96. The summed E-state index contributed by atoms with van der Waals surface area (Å²) >= 11 is 1.74. The number of aryl methyl sites for hydroxylation is 1. The van der Waals surface area contributed by atoms with Gasteiger partial charge in [0.2, 0.25) is 11.8 Å². The molecule has 1 aliphatic rings. The Bertz CT molecular complexity index is 611. The van der Waals surface area contributed by atoms with Crippen molar-refractivity contribution in [3.05, 3.63) is 16.1 Å². The van der Waals surface area contributed by atoms with Crippen LogP contribution >= 0.6 is 11.3 Å². The normalized spacial score (nSPS) is 17.1. The van der Waals surface area contributed by atoms with Crippen molar-refractivity contribution in [2.45, 2.75) is 52.6 Å². The van der Waals surface area contributed by atoms with E-state index in [-0.39, 0.29) is 24.3 Å². The molecule has 7 nitrogen and oxygen atoms in total. The molecule has 1 fully saturated rings. The molecule has 2 amide bonds. The minimum atomic E-state index is -0.576. The van der Waals surface area contributed by atoms with E-state index in [0.717, 1.165) is 38.9 Å². The Morgan fingerprint density at radius 1 is 1.33 bits per heavy atom. The number of nitrogens with zero attached hydrogens (tertiary/aromatic N) is 2. The molecule has 1 atom stereocenters. The first-order valence-electron chi connectivity index (χ1n) is 9.84. The van der Waals surface area contributed by atoms with Gasteiger partial charge < -0.3 is 16.4 Å². The number of nitrogens with one attached hydrogen (secondary N) is 2. The van der Waals surface area contributed by atoms with Gasteiger partial charge in [-0.1, -0.05) is 20.8 Å². The number of carbonyl (C=O) groups excluding carboxylic acids is 2. The van der Waals surface area contributed by atoms with E-state index in [2.05, 4.69) is 32.8 Å². The fourth-order valence-corrected chi connectivity index (χ4v) is 3.81. The van der Waals surface area contributed by atoms with Crippen molar-refractivity contribution in [3.8, 4) is 0 Å². The Balaban J connectivity index is 1.61. The molecule has 0 unspecified atom stereocenters. The maximum absolute atomic E-state index is 11.9. The first kappa shape index (κ1) is 21.8. The highest BCUT2D eigenvalue weighted by atomic mass is 32.1. The number of nitrogens with two attached hydrogens (primary N) is 1. The average Bonchev–Trinajstić information content (AvgIpc) is 3.12. The van der Waals surface area contributed by atoms with Crippen molar-refractivity contribution >= 4 is 23.2 Å². The molecule has 0 radical (unpaired) electrons. The first-order chi connectivity index (χ1) is 12.9. The van der Waals surface area contributed by atoms with Crippen LogP contribution in [0.5, 0.6) is 0 Å². The number of carbonyl (C=O) groups is 2. The summed E-state index contributed by atoms with van der Waals surface area (Å²) in [5.74, 6) is 0.106. The predicted octanol–water partition coefficient (Wildman–Crippen LogP) is 1.13. The number of rotatable bonds is 9. The minimum Gasteiger partial charge on any atom is -0.354 e. The van der Waals surface area contributed by atoms with Gasteiger partial charge in [0.1, 0.15) is 0 Å². The maximum Gasteiger partial charge on any atom is 0.239 e. The lowest BCUT2D eigenvalue weighted by molar-refractivity contribution is -0.127. The van der Waals surface area contributed by atoms with Crippen LogP contribution in [-0.2, 0) is 22.6 Å². The zero-order chi connectivity index (χ0) is 19.8. The molecule has 152 valence electrons. The summed E-state index contributed by atoms with van der Waals surface area (Å²) in [5, 5.41) is 8.89. The van der Waals surface area contributed by atoms with Gasteiger partial charge in [-0.05, 0) is 44.2 Å². The summed E-state index contributed by atoms with van der Waals surface area (Å²) in [6.45, 7) is 9.52. The van der Waals surface area contributed by atoms with Gasteiger partial charge in [0.05, 0.1) is 23.3 Å². The van der Waals surface area contributed by atoms with Gasteiger partial charge >= 0.3 is 0 Å². The van der Waals surface area contributed by atoms with Crippen molar-refractivity contribution in [2.24, 2.45) is 17.6 Å². The monoisotopic (exact) mass is 395 g/mol. The highest BCUT2D eigenvalue weighted by Crippen LogP contribution is 2.19. The van der Waals surface area contributed by atoms with Gasteiger partial charge in [-0.3, -0.25) is 14.5 Å². The molecule has 0 spiro atoms. The number of thiazole rings is 1. The number of amides is 2. The Kier molecular flexibility index (Phi) is 8.66. The number of likely N-dealkylation sites (tertiary alicyclic amines) is 1. The topological polar surface area (TPSA) is 100 Å². The van der Waals surface area contributed by atoms with Crippen LogP contribution in [0, 0.1) is 11.8 Å². The van der Waals surface area contributed by atoms with E-state index in [0.29, 0.717) is 12.5 Å². The average molecular weight is 396 g/mol. The summed E-state index contributed by atoms with van der Waals surface area (Å²) < 4.78 is 0. The van der Waals surface area contributed by atoms with Gasteiger partial charge in [0, 0.05) is 18.5 Å². The van der Waals surface area contributed by atoms with Gasteiger partial charge in [-0.15, -0.1) is 11.3 Å². The summed E-state index contributed by atoms with van der Waals surface area (Å²) in [5.41, 5.74) is 6.93. The highest BCUT2D eigenvalue weighted by Gasteiger charge is 2.21. The minimum absolute atomic E-state index is 0.0122. The van der Waals surface area contributed by atoms with Crippen molar-refractivity contribution in [1.82, 2.24) is 20.5 Å². The van der Waals surface area contributed by atoms with Crippen LogP contribution in [0.2, 0.25) is 0 Å². The molecule has 1 aliphatic heterocycles. The Morgan fingerprint density at radius 3 is 2.63 bits per heavy atom. The summed E-state index contributed by atoms with van der Waals surface area (Å²) in [7, 11) is 0. The standard InChI is InChI=1S/C19H33N5O2S/c1-4-17-23-15(12-27-17)11-24-7-5-14(6-8-24)9-21-16(25)10-22-19(26)18(20)13(2)3/h12-14,18H,4-11,20H2,1-3H3,(H,21,25)(H,22,26)/t18-/m0/s1. The number of aromatic nitrogens is 1. The zero-order valence-electron chi connectivity index (χ0n) is 16.7. The summed E-state index contributed by atoms with van der Waals surface area (Å²) in [6, 6.07) is -0.576. The first-order valence-corrected chi connectivity index (χ1v) is 10.7. The fraction of sp³-hybridized carbons (Fsp3) is 0.737. The molecule has 1 aromatic heterocycles. The van der Waals surface area contributed by atoms with Crippen molar-refractivity contribution < 1.29 is 9.59 Å². The molecular formula is C19H33N5O2S. The van der Waals surface area contributed by atoms with E-state index in [1.54, 1.807) is 11.3 Å². The third-order valence-electron chi connectivity index (χ3n) is 5.03.